The number of nitrogens with zero attached hydrogens (tertiary/aromatic N) is 1. The van der Waals surface area contributed by atoms with Crippen LogP contribution >= 0.6 is 0 Å². The summed E-state index contributed by atoms with van der Waals surface area (Å²) in [6, 6.07) is 2.54. The summed E-state index contributed by atoms with van der Waals surface area (Å²) in [5, 5.41) is 2.23. The highest BCUT2D eigenvalue weighted by molar-refractivity contribution is 6.34. The fourth-order valence-corrected chi connectivity index (χ4v) is 2.42. The lowest BCUT2D eigenvalue weighted by molar-refractivity contribution is -0.135. The molecule has 0 bridgehead atoms. The van der Waals surface area contributed by atoms with Crippen LogP contribution in [0.25, 0.3) is 11.1 Å². The monoisotopic (exact) mass is 270 g/mol. The van der Waals surface area contributed by atoms with Gasteiger partial charge in [0.25, 0.3) is 0 Å². The van der Waals surface area contributed by atoms with E-state index in [9.17, 15) is 14.4 Å². The topological polar surface area (TPSA) is 81.3 Å². The number of hydrogen-bond acceptors (Lipinski definition) is 4. The van der Waals surface area contributed by atoms with Crippen molar-refractivity contribution in [2.75, 3.05) is 0 Å². The number of hydrogen-bond donors (Lipinski definition) is 1. The van der Waals surface area contributed by atoms with Gasteiger partial charge in [0.1, 0.15) is 13.9 Å². The predicted molar refractivity (Wildman–Crippen MR) is 72.0 cm³/mol. The second kappa shape index (κ2) is 4.36. The molecule has 1 unspecified atom stereocenters. The van der Waals surface area contributed by atoms with Gasteiger partial charge in [-0.2, -0.15) is 0 Å². The third kappa shape index (κ3) is 1.86. The summed E-state index contributed by atoms with van der Waals surface area (Å²) >= 11 is 0. The molecule has 2 radical (unpaired) electrons. The zero-order valence-corrected chi connectivity index (χ0v) is 10.8. The van der Waals surface area contributed by atoms with E-state index in [0.29, 0.717) is 16.6 Å². The SMILES string of the molecule is [B]c1cc2oc(=O)n(C3CCC(=O)NC3=O)c2cc1C. The molecule has 1 aromatic carbocycles. The number of fused-ring (bicyclic) bond motifs is 1. The molecule has 0 spiro atoms. The summed E-state index contributed by atoms with van der Waals surface area (Å²) in [5.74, 6) is -1.44. The van der Waals surface area contributed by atoms with Crippen molar-refractivity contribution in [2.24, 2.45) is 0 Å². The van der Waals surface area contributed by atoms with Crippen LogP contribution in [0.4, 0.5) is 0 Å². The summed E-state index contributed by atoms with van der Waals surface area (Å²) in [7, 11) is 5.77. The Hall–Kier alpha value is -2.31. The average Bonchev–Trinajstić information content (AvgIpc) is 2.66. The summed E-state index contributed by atoms with van der Waals surface area (Å²) in [6.07, 6.45) is 0.478. The zero-order valence-electron chi connectivity index (χ0n) is 10.8. The van der Waals surface area contributed by atoms with Crippen LogP contribution in [-0.2, 0) is 9.59 Å². The van der Waals surface area contributed by atoms with Crippen LogP contribution in [0.15, 0.2) is 21.3 Å². The molecule has 1 aliphatic heterocycles. The average molecular weight is 270 g/mol. The number of imide groups is 1. The second-order valence-corrected chi connectivity index (χ2v) is 4.88. The van der Waals surface area contributed by atoms with Gasteiger partial charge in [0.15, 0.2) is 5.58 Å². The Morgan fingerprint density at radius 3 is 2.80 bits per heavy atom. The van der Waals surface area contributed by atoms with Gasteiger partial charge in [-0.05, 0) is 25.5 Å². The molecule has 20 heavy (non-hydrogen) atoms. The highest BCUT2D eigenvalue weighted by Crippen LogP contribution is 2.23. The number of rotatable bonds is 1. The molecule has 0 aliphatic carbocycles. The maximum atomic E-state index is 12.0. The van der Waals surface area contributed by atoms with Crippen LogP contribution < -0.4 is 16.5 Å². The quantitative estimate of drug-likeness (QED) is 0.568. The van der Waals surface area contributed by atoms with Gasteiger partial charge in [-0.1, -0.05) is 11.0 Å². The Bertz CT molecular complexity index is 790. The van der Waals surface area contributed by atoms with Gasteiger partial charge < -0.3 is 4.42 Å². The minimum atomic E-state index is -0.732. The van der Waals surface area contributed by atoms with E-state index in [2.05, 4.69) is 5.32 Å². The molecular formula is C13H11BN2O4. The maximum absolute atomic E-state index is 12.0. The van der Waals surface area contributed by atoms with Gasteiger partial charge in [-0.25, -0.2) is 4.79 Å². The van der Waals surface area contributed by atoms with E-state index in [1.54, 1.807) is 19.1 Å². The Morgan fingerprint density at radius 1 is 1.35 bits per heavy atom. The van der Waals surface area contributed by atoms with Gasteiger partial charge in [-0.15, -0.1) is 0 Å². The van der Waals surface area contributed by atoms with Gasteiger partial charge in [-0.3, -0.25) is 19.5 Å². The number of aromatic nitrogens is 1. The molecule has 2 heterocycles. The molecule has 7 heteroatoms. The van der Waals surface area contributed by atoms with Crippen LogP contribution in [0.5, 0.6) is 0 Å². The largest absolute Gasteiger partial charge is 0.420 e. The normalized spacial score (nSPS) is 19.4. The molecule has 1 fully saturated rings. The Labute approximate surface area is 115 Å². The van der Waals surface area contributed by atoms with E-state index in [1.165, 1.54) is 4.57 Å². The predicted octanol–water partition coefficient (Wildman–Crippen LogP) is -0.326. The molecule has 6 nitrogen and oxygen atoms in total. The molecule has 1 N–H and O–H groups in total. The molecule has 100 valence electrons. The minimum Gasteiger partial charge on any atom is -0.408 e. The second-order valence-electron chi connectivity index (χ2n) is 4.88. The van der Waals surface area contributed by atoms with Crippen LogP contribution in [-0.4, -0.2) is 24.2 Å². The van der Waals surface area contributed by atoms with Crippen molar-refractivity contribution in [3.8, 4) is 0 Å². The minimum absolute atomic E-state index is 0.198. The highest BCUT2D eigenvalue weighted by Gasteiger charge is 2.31. The molecule has 3 rings (SSSR count). The third-order valence-electron chi connectivity index (χ3n) is 3.52. The fourth-order valence-electron chi connectivity index (χ4n) is 2.42. The van der Waals surface area contributed by atoms with Crippen molar-refractivity contribution in [1.29, 1.82) is 0 Å². The maximum Gasteiger partial charge on any atom is 0.420 e. The highest BCUT2D eigenvalue weighted by atomic mass is 16.4. The number of carbonyl (C=O) groups excluding carboxylic acids is 2. The van der Waals surface area contributed by atoms with Crippen LogP contribution in [0.2, 0.25) is 0 Å². The first-order valence-corrected chi connectivity index (χ1v) is 6.22. The number of oxazole rings is 1. The molecule has 1 aliphatic rings. The zero-order chi connectivity index (χ0) is 14.4. The molecule has 1 saturated heterocycles. The van der Waals surface area contributed by atoms with Crippen molar-refractivity contribution in [3.63, 3.8) is 0 Å². The lowest BCUT2D eigenvalue weighted by Crippen LogP contribution is -2.43. The van der Waals surface area contributed by atoms with Crippen molar-refractivity contribution >= 4 is 36.2 Å². The number of amides is 2. The Kier molecular flexibility index (Phi) is 2.77. The van der Waals surface area contributed by atoms with Gasteiger partial charge >= 0.3 is 5.76 Å². The van der Waals surface area contributed by atoms with Gasteiger partial charge in [0.05, 0.1) is 5.52 Å². The number of aryl methyl sites for hydroxylation is 1. The van der Waals surface area contributed by atoms with E-state index >= 15 is 0 Å². The molecular weight excluding hydrogens is 259 g/mol. The summed E-state index contributed by atoms with van der Waals surface area (Å²) in [6.45, 7) is 1.81. The lowest BCUT2D eigenvalue weighted by Gasteiger charge is -2.21. The molecule has 0 saturated carbocycles. The number of piperidine rings is 1. The van der Waals surface area contributed by atoms with Crippen molar-refractivity contribution in [2.45, 2.75) is 25.8 Å². The lowest BCUT2D eigenvalue weighted by atomic mass is 9.91. The summed E-state index contributed by atoms with van der Waals surface area (Å²) < 4.78 is 6.41. The number of carbonyl (C=O) groups is 2. The third-order valence-corrected chi connectivity index (χ3v) is 3.52. The fraction of sp³-hybridized carbons (Fsp3) is 0.308. The van der Waals surface area contributed by atoms with Gasteiger partial charge in [0.2, 0.25) is 11.8 Å². The first kappa shape index (κ1) is 12.7. The Morgan fingerprint density at radius 2 is 2.10 bits per heavy atom. The molecule has 2 aromatic rings. The smallest absolute Gasteiger partial charge is 0.408 e. The number of nitrogens with one attached hydrogen (secondary N) is 1. The van der Waals surface area contributed by atoms with E-state index in [4.69, 9.17) is 12.3 Å². The summed E-state index contributed by atoms with van der Waals surface area (Å²) in [5.41, 5.74) is 2.15. The van der Waals surface area contributed by atoms with Crippen molar-refractivity contribution < 1.29 is 14.0 Å². The molecule has 1 atom stereocenters. The van der Waals surface area contributed by atoms with Crippen molar-refractivity contribution in [1.82, 2.24) is 9.88 Å². The van der Waals surface area contributed by atoms with E-state index in [-0.39, 0.29) is 18.7 Å². The van der Waals surface area contributed by atoms with Crippen LogP contribution in [0.3, 0.4) is 0 Å². The number of benzene rings is 1. The Balaban J connectivity index is 2.18. The van der Waals surface area contributed by atoms with E-state index in [0.717, 1.165) is 5.56 Å². The van der Waals surface area contributed by atoms with E-state index in [1.807, 2.05) is 0 Å². The first-order chi connectivity index (χ1) is 9.47. The van der Waals surface area contributed by atoms with Crippen LogP contribution in [0, 0.1) is 6.92 Å². The molecule has 1 aromatic heterocycles. The van der Waals surface area contributed by atoms with Gasteiger partial charge in [0, 0.05) is 6.42 Å². The standard InChI is InChI=1S/C13H11BN2O4/c1-6-4-9-10(5-7(6)14)20-13(19)16(9)8-2-3-11(17)15-12(8)18/h4-5,8H,2-3H2,1H3,(H,15,17,18). The van der Waals surface area contributed by atoms with Crippen molar-refractivity contribution in [3.05, 3.63) is 28.2 Å². The van der Waals surface area contributed by atoms with Crippen LogP contribution in [0.1, 0.15) is 24.4 Å². The molecule has 2 amide bonds. The summed E-state index contributed by atoms with van der Waals surface area (Å²) in [4.78, 5) is 35.0. The van der Waals surface area contributed by atoms with E-state index < -0.39 is 17.7 Å². The first-order valence-electron chi connectivity index (χ1n) is 6.22.